The second-order valence-electron chi connectivity index (χ2n) is 8.71. The fourth-order valence-electron chi connectivity index (χ4n) is 4.20. The summed E-state index contributed by atoms with van der Waals surface area (Å²) in [6.07, 6.45) is -4.58. The molecule has 2 N–H and O–H groups in total. The van der Waals surface area contributed by atoms with E-state index in [-0.39, 0.29) is 42.7 Å². The summed E-state index contributed by atoms with van der Waals surface area (Å²) in [5, 5.41) is 9.75. The van der Waals surface area contributed by atoms with Crippen molar-refractivity contribution in [2.45, 2.75) is 39.0 Å². The molecule has 0 saturated carbocycles. The number of likely N-dealkylation sites (N-methyl/N-ethyl adjacent to an activating group) is 1. The molecule has 1 saturated heterocycles. The predicted molar refractivity (Wildman–Crippen MR) is 114 cm³/mol. The number of fused-ring (bicyclic) bond motifs is 1. The lowest BCUT2D eigenvalue weighted by atomic mass is 9.99. The average Bonchev–Trinajstić information content (AvgIpc) is 3.07. The molecule has 4 heterocycles. The standard InChI is InChI=1S/C20H25F3N8O2/c1-9(2)15-17(32)26-14-10(3)24-19(27-16(14)29(15)4)25-11-7-31(8-11)18(33)12-6-13(20(21,22)23)30(5)28-12/h6,9,11,15H,7-8H2,1-5H3,(H,26,32)(H,24,25,27)/t15-/m0/s1. The Morgan fingerprint density at radius 3 is 2.48 bits per heavy atom. The van der Waals surface area contributed by atoms with Crippen molar-refractivity contribution in [1.29, 1.82) is 0 Å². The number of carbonyl (C=O) groups excluding carboxylic acids is 2. The van der Waals surface area contributed by atoms with Crippen LogP contribution in [0.2, 0.25) is 0 Å². The number of hydrogen-bond donors (Lipinski definition) is 2. The van der Waals surface area contributed by atoms with Crippen molar-refractivity contribution in [1.82, 2.24) is 24.6 Å². The van der Waals surface area contributed by atoms with Gasteiger partial charge in [-0.2, -0.15) is 23.3 Å². The molecule has 1 atom stereocenters. The predicted octanol–water partition coefficient (Wildman–Crippen LogP) is 1.89. The van der Waals surface area contributed by atoms with Gasteiger partial charge in [-0.25, -0.2) is 4.98 Å². The van der Waals surface area contributed by atoms with Crippen molar-refractivity contribution in [3.63, 3.8) is 0 Å². The molecule has 2 aromatic rings. The van der Waals surface area contributed by atoms with Crippen LogP contribution in [0.5, 0.6) is 0 Å². The molecule has 0 radical (unpaired) electrons. The van der Waals surface area contributed by atoms with Crippen LogP contribution >= 0.6 is 0 Å². The molecule has 0 aromatic carbocycles. The summed E-state index contributed by atoms with van der Waals surface area (Å²) in [4.78, 5) is 37.2. The van der Waals surface area contributed by atoms with Gasteiger partial charge in [-0.15, -0.1) is 0 Å². The van der Waals surface area contributed by atoms with E-state index in [2.05, 4.69) is 25.7 Å². The number of aromatic nitrogens is 4. The number of rotatable bonds is 4. The molecule has 0 aliphatic carbocycles. The number of hydrogen-bond acceptors (Lipinski definition) is 7. The fourth-order valence-corrected chi connectivity index (χ4v) is 4.20. The van der Waals surface area contributed by atoms with Crippen molar-refractivity contribution in [3.05, 3.63) is 23.1 Å². The third-order valence-electron chi connectivity index (χ3n) is 5.86. The van der Waals surface area contributed by atoms with Crippen LogP contribution in [0.4, 0.5) is 30.6 Å². The summed E-state index contributed by atoms with van der Waals surface area (Å²) >= 11 is 0. The minimum Gasteiger partial charge on any atom is -0.348 e. The number of nitrogens with zero attached hydrogens (tertiary/aromatic N) is 6. The Hall–Kier alpha value is -3.38. The zero-order chi connectivity index (χ0) is 24.2. The molecule has 33 heavy (non-hydrogen) atoms. The molecule has 10 nitrogen and oxygen atoms in total. The highest BCUT2D eigenvalue weighted by molar-refractivity contribution is 6.03. The highest BCUT2D eigenvalue weighted by Gasteiger charge is 2.39. The van der Waals surface area contributed by atoms with Gasteiger partial charge in [0, 0.05) is 33.3 Å². The number of aryl methyl sites for hydroxylation is 2. The second-order valence-corrected chi connectivity index (χ2v) is 8.71. The quantitative estimate of drug-likeness (QED) is 0.708. The Morgan fingerprint density at radius 1 is 1.24 bits per heavy atom. The zero-order valence-electron chi connectivity index (χ0n) is 18.9. The number of halogens is 3. The van der Waals surface area contributed by atoms with Crippen molar-refractivity contribution < 1.29 is 22.8 Å². The topological polar surface area (TPSA) is 108 Å². The summed E-state index contributed by atoms with van der Waals surface area (Å²) in [7, 11) is 2.96. The van der Waals surface area contributed by atoms with Crippen molar-refractivity contribution >= 4 is 29.3 Å². The van der Waals surface area contributed by atoms with Crippen LogP contribution in [-0.4, -0.2) is 68.7 Å². The van der Waals surface area contributed by atoms with E-state index in [1.165, 1.54) is 4.90 Å². The molecule has 2 aliphatic rings. The number of amides is 2. The molecule has 0 bridgehead atoms. The van der Waals surface area contributed by atoms with Gasteiger partial charge in [-0.3, -0.25) is 14.3 Å². The first-order valence-electron chi connectivity index (χ1n) is 10.5. The Labute approximate surface area is 188 Å². The van der Waals surface area contributed by atoms with Crippen LogP contribution < -0.4 is 15.5 Å². The molecule has 2 amide bonds. The largest absolute Gasteiger partial charge is 0.433 e. The maximum absolute atomic E-state index is 13.0. The molecule has 0 spiro atoms. The lowest BCUT2D eigenvalue weighted by Gasteiger charge is -2.40. The van der Waals surface area contributed by atoms with E-state index in [0.717, 1.165) is 13.1 Å². The molecule has 2 aromatic heterocycles. The van der Waals surface area contributed by atoms with Crippen LogP contribution in [0.1, 0.15) is 35.7 Å². The second kappa shape index (κ2) is 7.89. The van der Waals surface area contributed by atoms with Crippen molar-refractivity contribution in [2.24, 2.45) is 13.0 Å². The third-order valence-corrected chi connectivity index (χ3v) is 5.86. The molecular weight excluding hydrogens is 441 g/mol. The molecule has 13 heteroatoms. The lowest BCUT2D eigenvalue weighted by molar-refractivity contribution is -0.143. The minimum absolute atomic E-state index is 0.0745. The molecule has 2 aliphatic heterocycles. The summed E-state index contributed by atoms with van der Waals surface area (Å²) in [5.74, 6) is 0.355. The molecule has 4 rings (SSSR count). The number of carbonyl (C=O) groups is 2. The first kappa shape index (κ1) is 22.8. The van der Waals surface area contributed by atoms with Crippen LogP contribution in [0.3, 0.4) is 0 Å². The summed E-state index contributed by atoms with van der Waals surface area (Å²) in [5.41, 5.74) is -0.0625. The Morgan fingerprint density at radius 2 is 1.91 bits per heavy atom. The van der Waals surface area contributed by atoms with Gasteiger partial charge in [0.2, 0.25) is 11.9 Å². The highest BCUT2D eigenvalue weighted by Crippen LogP contribution is 2.34. The number of nitrogens with one attached hydrogen (secondary N) is 2. The van der Waals surface area contributed by atoms with E-state index >= 15 is 0 Å². The van der Waals surface area contributed by atoms with Gasteiger partial charge in [0.05, 0.1) is 11.7 Å². The molecule has 0 unspecified atom stereocenters. The van der Waals surface area contributed by atoms with Gasteiger partial charge in [-0.1, -0.05) is 13.8 Å². The van der Waals surface area contributed by atoms with E-state index in [9.17, 15) is 22.8 Å². The highest BCUT2D eigenvalue weighted by atomic mass is 19.4. The van der Waals surface area contributed by atoms with E-state index in [1.54, 1.807) is 6.92 Å². The van der Waals surface area contributed by atoms with E-state index in [4.69, 9.17) is 0 Å². The van der Waals surface area contributed by atoms with Gasteiger partial charge in [0.15, 0.2) is 11.5 Å². The molecular formula is C20H25F3N8O2. The van der Waals surface area contributed by atoms with Gasteiger partial charge in [0.25, 0.3) is 5.91 Å². The summed E-state index contributed by atoms with van der Waals surface area (Å²) in [6.45, 7) is 6.23. The maximum Gasteiger partial charge on any atom is 0.433 e. The zero-order valence-corrected chi connectivity index (χ0v) is 18.9. The van der Waals surface area contributed by atoms with Crippen LogP contribution in [0.25, 0.3) is 0 Å². The first-order valence-corrected chi connectivity index (χ1v) is 10.5. The lowest BCUT2D eigenvalue weighted by Crippen LogP contribution is -2.57. The van der Waals surface area contributed by atoms with Crippen LogP contribution in [0.15, 0.2) is 6.07 Å². The van der Waals surface area contributed by atoms with Gasteiger partial charge >= 0.3 is 6.18 Å². The monoisotopic (exact) mass is 466 g/mol. The Kier molecular flexibility index (Phi) is 5.45. The number of alkyl halides is 3. The van der Waals surface area contributed by atoms with E-state index in [1.807, 2.05) is 25.8 Å². The van der Waals surface area contributed by atoms with E-state index < -0.39 is 17.8 Å². The maximum atomic E-state index is 13.0. The van der Waals surface area contributed by atoms with Crippen molar-refractivity contribution in [3.8, 4) is 0 Å². The SMILES string of the molecule is Cc1nc(NC2CN(C(=O)c3cc(C(F)(F)F)n(C)n3)C2)nc2c1NC(=O)[C@H](C(C)C)N2C. The third kappa shape index (κ3) is 4.07. The van der Waals surface area contributed by atoms with Crippen molar-refractivity contribution in [2.75, 3.05) is 35.7 Å². The smallest absolute Gasteiger partial charge is 0.348 e. The average molecular weight is 466 g/mol. The minimum atomic E-state index is -4.58. The Bertz CT molecular complexity index is 1110. The normalized spacial score (nSPS) is 18.8. The van der Waals surface area contributed by atoms with Crippen LogP contribution in [-0.2, 0) is 18.0 Å². The van der Waals surface area contributed by atoms with Gasteiger partial charge in [-0.05, 0) is 12.8 Å². The number of anilines is 3. The number of likely N-dealkylation sites (tertiary alicyclic amines) is 1. The van der Waals surface area contributed by atoms with Gasteiger partial charge in [0.1, 0.15) is 17.4 Å². The Balaban J connectivity index is 1.44. The van der Waals surface area contributed by atoms with Crippen LogP contribution in [0, 0.1) is 12.8 Å². The summed E-state index contributed by atoms with van der Waals surface area (Å²) in [6, 6.07) is 0.229. The first-order chi connectivity index (χ1) is 15.4. The van der Waals surface area contributed by atoms with E-state index in [0.29, 0.717) is 27.8 Å². The molecule has 1 fully saturated rings. The fraction of sp³-hybridized carbons (Fsp3) is 0.550. The summed E-state index contributed by atoms with van der Waals surface area (Å²) < 4.78 is 39.5. The molecule has 178 valence electrons. The van der Waals surface area contributed by atoms with Gasteiger partial charge < -0.3 is 20.4 Å².